The van der Waals surface area contributed by atoms with Crippen LogP contribution in [0.15, 0.2) is 18.5 Å². The maximum Gasteiger partial charge on any atom is 0.310 e. The first kappa shape index (κ1) is 12.0. The Bertz CT molecular complexity index is 622. The number of hydrogen-bond donors (Lipinski definition) is 0. The van der Waals surface area contributed by atoms with Crippen LogP contribution in [0.4, 0.5) is 5.82 Å². The molecule has 2 aromatic rings. The molecule has 2 aromatic heterocycles. The summed E-state index contributed by atoms with van der Waals surface area (Å²) in [6.07, 6.45) is 4.38. The van der Waals surface area contributed by atoms with Gasteiger partial charge in [-0.15, -0.1) is 0 Å². The molecule has 3 rings (SSSR count). The summed E-state index contributed by atoms with van der Waals surface area (Å²) in [6.45, 7) is 3.43. The minimum atomic E-state index is -0.140. The smallest absolute Gasteiger partial charge is 0.310 e. The van der Waals surface area contributed by atoms with E-state index in [9.17, 15) is 4.79 Å². The van der Waals surface area contributed by atoms with Gasteiger partial charge in [0.05, 0.1) is 18.7 Å². The summed E-state index contributed by atoms with van der Waals surface area (Å²) in [4.78, 5) is 18.1. The molecular weight excluding hydrogens is 244 g/mol. The molecule has 0 bridgehead atoms. The summed E-state index contributed by atoms with van der Waals surface area (Å²) >= 11 is 0. The highest BCUT2D eigenvalue weighted by atomic mass is 16.5. The second-order valence-corrected chi connectivity index (χ2v) is 4.82. The van der Waals surface area contributed by atoms with Gasteiger partial charge in [-0.25, -0.2) is 9.50 Å². The van der Waals surface area contributed by atoms with Gasteiger partial charge in [0.25, 0.3) is 0 Å². The Labute approximate surface area is 111 Å². The molecule has 1 atom stereocenters. The van der Waals surface area contributed by atoms with Crippen LogP contribution in [0.1, 0.15) is 12.1 Å². The zero-order valence-electron chi connectivity index (χ0n) is 11.0. The van der Waals surface area contributed by atoms with Gasteiger partial charge in [-0.1, -0.05) is 0 Å². The number of nitrogens with zero attached hydrogens (tertiary/aromatic N) is 4. The third-order valence-electron chi connectivity index (χ3n) is 3.51. The average molecular weight is 260 g/mol. The molecule has 1 aliphatic rings. The van der Waals surface area contributed by atoms with Crippen molar-refractivity contribution in [2.24, 2.45) is 5.92 Å². The van der Waals surface area contributed by atoms with Gasteiger partial charge >= 0.3 is 5.97 Å². The maximum atomic E-state index is 11.6. The van der Waals surface area contributed by atoms with Crippen molar-refractivity contribution in [3.63, 3.8) is 0 Å². The minimum absolute atomic E-state index is 0.0592. The molecule has 1 fully saturated rings. The number of anilines is 1. The fourth-order valence-corrected chi connectivity index (χ4v) is 2.59. The van der Waals surface area contributed by atoms with E-state index in [1.807, 2.05) is 23.7 Å². The second-order valence-electron chi connectivity index (χ2n) is 4.82. The Balaban J connectivity index is 1.91. The predicted octanol–water partition coefficient (Wildman–Crippen LogP) is 1.04. The number of fused-ring (bicyclic) bond motifs is 1. The summed E-state index contributed by atoms with van der Waals surface area (Å²) in [5, 5.41) is 4.37. The lowest BCUT2D eigenvalue weighted by molar-refractivity contribution is -0.144. The number of ether oxygens (including phenoxy) is 1. The molecule has 19 heavy (non-hydrogen) atoms. The molecule has 1 saturated heterocycles. The SMILES string of the molecule is COC(=O)C1CCN(c2nccn3nc(C)cc23)C1. The summed E-state index contributed by atoms with van der Waals surface area (Å²) in [5.74, 6) is 0.685. The van der Waals surface area contributed by atoms with E-state index in [2.05, 4.69) is 15.0 Å². The van der Waals surface area contributed by atoms with Crippen molar-refractivity contribution in [1.82, 2.24) is 14.6 Å². The van der Waals surface area contributed by atoms with E-state index in [0.717, 1.165) is 30.0 Å². The van der Waals surface area contributed by atoms with Crippen molar-refractivity contribution in [3.05, 3.63) is 24.2 Å². The van der Waals surface area contributed by atoms with E-state index in [4.69, 9.17) is 4.74 Å². The normalized spacial score (nSPS) is 19.1. The topological polar surface area (TPSA) is 59.7 Å². The van der Waals surface area contributed by atoms with E-state index in [1.165, 1.54) is 7.11 Å². The first-order chi connectivity index (χ1) is 9.19. The van der Waals surface area contributed by atoms with E-state index >= 15 is 0 Å². The van der Waals surface area contributed by atoms with Gasteiger partial charge in [0.1, 0.15) is 5.52 Å². The van der Waals surface area contributed by atoms with Crippen LogP contribution in [-0.4, -0.2) is 40.8 Å². The Hall–Kier alpha value is -2.11. The quantitative estimate of drug-likeness (QED) is 0.755. The second kappa shape index (κ2) is 4.53. The van der Waals surface area contributed by atoms with Crippen molar-refractivity contribution in [2.75, 3.05) is 25.1 Å². The molecule has 0 amide bonds. The highest BCUT2D eigenvalue weighted by molar-refractivity contribution is 5.76. The number of hydrogen-bond acceptors (Lipinski definition) is 5. The molecule has 0 saturated carbocycles. The van der Waals surface area contributed by atoms with Gasteiger partial charge in [0, 0.05) is 25.5 Å². The van der Waals surface area contributed by atoms with Gasteiger partial charge in [0.2, 0.25) is 0 Å². The lowest BCUT2D eigenvalue weighted by atomic mass is 10.1. The predicted molar refractivity (Wildman–Crippen MR) is 70.1 cm³/mol. The maximum absolute atomic E-state index is 11.6. The Morgan fingerprint density at radius 1 is 1.53 bits per heavy atom. The summed E-state index contributed by atoms with van der Waals surface area (Å²) < 4.78 is 6.63. The number of aryl methyl sites for hydroxylation is 1. The molecule has 0 radical (unpaired) electrons. The van der Waals surface area contributed by atoms with E-state index in [1.54, 1.807) is 6.20 Å². The Kier molecular flexibility index (Phi) is 2.85. The van der Waals surface area contributed by atoms with Crippen molar-refractivity contribution < 1.29 is 9.53 Å². The summed E-state index contributed by atoms with van der Waals surface area (Å²) in [7, 11) is 1.43. The molecular formula is C13H16N4O2. The monoisotopic (exact) mass is 260 g/mol. The first-order valence-corrected chi connectivity index (χ1v) is 6.33. The van der Waals surface area contributed by atoms with Gasteiger partial charge in [-0.2, -0.15) is 5.10 Å². The highest BCUT2D eigenvalue weighted by Gasteiger charge is 2.30. The zero-order valence-corrected chi connectivity index (χ0v) is 11.0. The molecule has 6 heteroatoms. The van der Waals surface area contributed by atoms with Crippen LogP contribution in [-0.2, 0) is 9.53 Å². The van der Waals surface area contributed by atoms with Crippen LogP contribution < -0.4 is 4.90 Å². The number of aromatic nitrogens is 3. The fraction of sp³-hybridized carbons (Fsp3) is 0.462. The van der Waals surface area contributed by atoms with E-state index < -0.39 is 0 Å². The Morgan fingerprint density at radius 3 is 3.16 bits per heavy atom. The van der Waals surface area contributed by atoms with Crippen LogP contribution in [0.5, 0.6) is 0 Å². The summed E-state index contributed by atoms with van der Waals surface area (Å²) in [6, 6.07) is 2.01. The van der Waals surface area contributed by atoms with Crippen LogP contribution in [0.25, 0.3) is 5.52 Å². The molecule has 3 heterocycles. The minimum Gasteiger partial charge on any atom is -0.469 e. The number of carbonyl (C=O) groups is 1. The molecule has 0 N–H and O–H groups in total. The first-order valence-electron chi connectivity index (χ1n) is 6.33. The number of esters is 1. The van der Waals surface area contributed by atoms with Crippen LogP contribution in [0.3, 0.4) is 0 Å². The molecule has 0 spiro atoms. The third kappa shape index (κ3) is 2.03. The average Bonchev–Trinajstić information content (AvgIpc) is 3.02. The van der Waals surface area contributed by atoms with Crippen LogP contribution >= 0.6 is 0 Å². The molecule has 100 valence electrons. The van der Waals surface area contributed by atoms with Crippen LogP contribution in [0.2, 0.25) is 0 Å². The van der Waals surface area contributed by atoms with Gasteiger partial charge in [-0.05, 0) is 19.4 Å². The fourth-order valence-electron chi connectivity index (χ4n) is 2.59. The van der Waals surface area contributed by atoms with Gasteiger partial charge < -0.3 is 9.64 Å². The van der Waals surface area contributed by atoms with Crippen molar-refractivity contribution in [3.8, 4) is 0 Å². The zero-order chi connectivity index (χ0) is 13.4. The van der Waals surface area contributed by atoms with Crippen molar-refractivity contribution in [1.29, 1.82) is 0 Å². The van der Waals surface area contributed by atoms with Crippen LogP contribution in [0, 0.1) is 12.8 Å². The lowest BCUT2D eigenvalue weighted by Crippen LogP contribution is -2.24. The number of methoxy groups -OCH3 is 1. The van der Waals surface area contributed by atoms with Crippen molar-refractivity contribution in [2.45, 2.75) is 13.3 Å². The standard InChI is InChI=1S/C13H16N4O2/c1-9-7-11-12(14-4-6-17(11)15-9)16-5-3-10(8-16)13(18)19-2/h4,6-7,10H,3,5,8H2,1-2H3. The van der Waals surface area contributed by atoms with E-state index in [-0.39, 0.29) is 11.9 Å². The highest BCUT2D eigenvalue weighted by Crippen LogP contribution is 2.26. The summed E-state index contributed by atoms with van der Waals surface area (Å²) in [5.41, 5.74) is 1.93. The largest absolute Gasteiger partial charge is 0.469 e. The molecule has 1 unspecified atom stereocenters. The molecule has 0 aliphatic carbocycles. The van der Waals surface area contributed by atoms with E-state index in [0.29, 0.717) is 6.54 Å². The lowest BCUT2D eigenvalue weighted by Gasteiger charge is -2.17. The van der Waals surface area contributed by atoms with Gasteiger partial charge in [-0.3, -0.25) is 4.79 Å². The Morgan fingerprint density at radius 2 is 2.37 bits per heavy atom. The number of carbonyl (C=O) groups excluding carboxylic acids is 1. The molecule has 0 aromatic carbocycles. The molecule has 1 aliphatic heterocycles. The van der Waals surface area contributed by atoms with Crippen molar-refractivity contribution >= 4 is 17.3 Å². The number of rotatable bonds is 2. The third-order valence-corrected chi connectivity index (χ3v) is 3.51. The molecule has 6 nitrogen and oxygen atoms in total. The van der Waals surface area contributed by atoms with Gasteiger partial charge in [0.15, 0.2) is 5.82 Å².